The Kier molecular flexibility index (Phi) is 7.51. The lowest BCUT2D eigenvalue weighted by molar-refractivity contribution is -0.126. The van der Waals surface area contributed by atoms with Crippen molar-refractivity contribution in [2.45, 2.75) is 26.2 Å². The monoisotopic (exact) mass is 469 g/mol. The second-order valence-electron chi connectivity index (χ2n) is 8.28. The van der Waals surface area contributed by atoms with Crippen LogP contribution in [0, 0.1) is 18.7 Å². The average Bonchev–Trinajstić information content (AvgIpc) is 3.44. The van der Waals surface area contributed by atoms with Crippen molar-refractivity contribution >= 4 is 29.0 Å². The highest BCUT2D eigenvalue weighted by Gasteiger charge is 2.26. The summed E-state index contributed by atoms with van der Waals surface area (Å²) in [5, 5.41) is 12.4. The minimum Gasteiger partial charge on any atom is -0.355 e. The SMILES string of the molecule is Cc1cc(NC(=O)CN2CCC(C(=O)NCCc3cccs3)CC2)n(-c2ccc(F)cc2)n1. The van der Waals surface area contributed by atoms with Gasteiger partial charge in [-0.3, -0.25) is 14.5 Å². The number of hydrogen-bond donors (Lipinski definition) is 2. The summed E-state index contributed by atoms with van der Waals surface area (Å²) in [6, 6.07) is 11.8. The molecule has 0 radical (unpaired) electrons. The fourth-order valence-electron chi connectivity index (χ4n) is 4.01. The van der Waals surface area contributed by atoms with Crippen LogP contribution in [0.3, 0.4) is 0 Å². The Balaban J connectivity index is 1.23. The fraction of sp³-hybridized carbons (Fsp3) is 0.375. The molecule has 0 atom stereocenters. The Bertz CT molecular complexity index is 1070. The van der Waals surface area contributed by atoms with Gasteiger partial charge in [-0.25, -0.2) is 9.07 Å². The van der Waals surface area contributed by atoms with Crippen molar-refractivity contribution < 1.29 is 14.0 Å². The Morgan fingerprint density at radius 3 is 2.64 bits per heavy atom. The number of aryl methyl sites for hydroxylation is 1. The van der Waals surface area contributed by atoms with E-state index in [1.807, 2.05) is 18.4 Å². The summed E-state index contributed by atoms with van der Waals surface area (Å²) < 4.78 is 14.8. The second-order valence-corrected chi connectivity index (χ2v) is 9.31. The molecule has 7 nitrogen and oxygen atoms in total. The molecule has 2 N–H and O–H groups in total. The maximum absolute atomic E-state index is 13.2. The van der Waals surface area contributed by atoms with E-state index in [0.717, 1.165) is 25.0 Å². The number of benzene rings is 1. The van der Waals surface area contributed by atoms with Crippen molar-refractivity contribution in [1.29, 1.82) is 0 Å². The van der Waals surface area contributed by atoms with Gasteiger partial charge in [-0.05, 0) is 75.0 Å². The van der Waals surface area contributed by atoms with Crippen LogP contribution in [0.4, 0.5) is 10.2 Å². The largest absolute Gasteiger partial charge is 0.355 e. The number of halogens is 1. The van der Waals surface area contributed by atoms with Crippen LogP contribution in [0.25, 0.3) is 5.69 Å². The van der Waals surface area contributed by atoms with E-state index in [0.29, 0.717) is 31.1 Å². The number of nitrogens with zero attached hydrogens (tertiary/aromatic N) is 3. The standard InChI is InChI=1S/C24H28FN5O2S/c1-17-15-22(30(28-17)20-6-4-19(25)5-7-20)27-23(31)16-29-12-9-18(10-13-29)24(32)26-11-8-21-3-2-14-33-21/h2-7,14-15,18H,8-13,16H2,1H3,(H,26,32)(H,27,31). The van der Waals surface area contributed by atoms with E-state index in [-0.39, 0.29) is 30.1 Å². The number of likely N-dealkylation sites (tertiary alicyclic amines) is 1. The van der Waals surface area contributed by atoms with Gasteiger partial charge in [0.2, 0.25) is 11.8 Å². The van der Waals surface area contributed by atoms with Gasteiger partial charge in [0.15, 0.2) is 0 Å². The quantitative estimate of drug-likeness (QED) is 0.530. The normalized spacial score (nSPS) is 14.8. The van der Waals surface area contributed by atoms with E-state index in [1.54, 1.807) is 34.2 Å². The number of anilines is 1. The van der Waals surface area contributed by atoms with Gasteiger partial charge in [0, 0.05) is 23.4 Å². The van der Waals surface area contributed by atoms with Crippen LogP contribution in [-0.4, -0.2) is 52.7 Å². The zero-order chi connectivity index (χ0) is 23.2. The number of piperidine rings is 1. The lowest BCUT2D eigenvalue weighted by atomic mass is 9.96. The molecule has 2 amide bonds. The number of nitrogens with one attached hydrogen (secondary N) is 2. The van der Waals surface area contributed by atoms with E-state index in [1.165, 1.54) is 17.0 Å². The first-order valence-electron chi connectivity index (χ1n) is 11.1. The van der Waals surface area contributed by atoms with E-state index in [4.69, 9.17) is 0 Å². The van der Waals surface area contributed by atoms with Crippen molar-refractivity contribution in [2.24, 2.45) is 5.92 Å². The molecule has 3 heterocycles. The molecular formula is C24H28FN5O2S. The third kappa shape index (κ3) is 6.27. The molecule has 4 rings (SSSR count). The van der Waals surface area contributed by atoms with Gasteiger partial charge >= 0.3 is 0 Å². The first-order valence-corrected chi connectivity index (χ1v) is 12.0. The van der Waals surface area contributed by atoms with Crippen LogP contribution in [0.5, 0.6) is 0 Å². The van der Waals surface area contributed by atoms with Gasteiger partial charge in [-0.15, -0.1) is 11.3 Å². The molecule has 0 aliphatic carbocycles. The molecule has 1 aromatic carbocycles. The van der Waals surface area contributed by atoms with Crippen LogP contribution in [0.15, 0.2) is 47.8 Å². The number of amides is 2. The fourth-order valence-corrected chi connectivity index (χ4v) is 4.72. The Morgan fingerprint density at radius 2 is 1.94 bits per heavy atom. The first kappa shape index (κ1) is 23.1. The summed E-state index contributed by atoms with van der Waals surface area (Å²) in [4.78, 5) is 28.5. The first-order chi connectivity index (χ1) is 16.0. The van der Waals surface area contributed by atoms with Crippen molar-refractivity contribution in [3.8, 4) is 5.69 Å². The predicted molar refractivity (Wildman–Crippen MR) is 127 cm³/mol. The van der Waals surface area contributed by atoms with Crippen LogP contribution < -0.4 is 10.6 Å². The van der Waals surface area contributed by atoms with Crippen LogP contribution in [-0.2, 0) is 16.0 Å². The van der Waals surface area contributed by atoms with Crippen LogP contribution >= 0.6 is 11.3 Å². The molecule has 0 spiro atoms. The minimum absolute atomic E-state index is 0.00444. The number of rotatable bonds is 8. The lowest BCUT2D eigenvalue weighted by Crippen LogP contribution is -2.43. The second kappa shape index (κ2) is 10.7. The molecule has 174 valence electrons. The topological polar surface area (TPSA) is 79.3 Å². The van der Waals surface area contributed by atoms with E-state index < -0.39 is 0 Å². The van der Waals surface area contributed by atoms with Gasteiger partial charge in [0.05, 0.1) is 17.9 Å². The molecule has 3 aromatic rings. The number of carbonyl (C=O) groups excluding carboxylic acids is 2. The molecule has 1 aliphatic rings. The van der Waals surface area contributed by atoms with Gasteiger partial charge in [-0.2, -0.15) is 5.10 Å². The van der Waals surface area contributed by atoms with Gasteiger partial charge in [0.25, 0.3) is 0 Å². The van der Waals surface area contributed by atoms with E-state index in [9.17, 15) is 14.0 Å². The van der Waals surface area contributed by atoms with E-state index >= 15 is 0 Å². The summed E-state index contributed by atoms with van der Waals surface area (Å²) in [5.74, 6) is 0.179. The van der Waals surface area contributed by atoms with Crippen molar-refractivity contribution in [3.05, 3.63) is 64.2 Å². The highest BCUT2D eigenvalue weighted by Crippen LogP contribution is 2.20. The van der Waals surface area contributed by atoms with Crippen LogP contribution in [0.2, 0.25) is 0 Å². The molecule has 1 fully saturated rings. The van der Waals surface area contributed by atoms with Crippen molar-refractivity contribution in [1.82, 2.24) is 20.0 Å². The Labute approximate surface area is 196 Å². The highest BCUT2D eigenvalue weighted by atomic mass is 32.1. The minimum atomic E-state index is -0.326. The summed E-state index contributed by atoms with van der Waals surface area (Å²) in [6.07, 6.45) is 2.34. The zero-order valence-electron chi connectivity index (χ0n) is 18.6. The molecule has 9 heteroatoms. The maximum Gasteiger partial charge on any atom is 0.239 e. The smallest absolute Gasteiger partial charge is 0.239 e. The highest BCUT2D eigenvalue weighted by molar-refractivity contribution is 7.09. The molecule has 0 saturated carbocycles. The maximum atomic E-state index is 13.2. The number of hydrogen-bond acceptors (Lipinski definition) is 5. The molecule has 0 bridgehead atoms. The Morgan fingerprint density at radius 1 is 1.18 bits per heavy atom. The van der Waals surface area contributed by atoms with Gasteiger partial charge in [-0.1, -0.05) is 6.07 Å². The van der Waals surface area contributed by atoms with Crippen molar-refractivity contribution in [3.63, 3.8) is 0 Å². The van der Waals surface area contributed by atoms with Gasteiger partial charge < -0.3 is 10.6 Å². The number of carbonyl (C=O) groups is 2. The third-order valence-electron chi connectivity index (χ3n) is 5.75. The summed E-state index contributed by atoms with van der Waals surface area (Å²) in [6.45, 7) is 4.15. The van der Waals surface area contributed by atoms with Crippen LogP contribution in [0.1, 0.15) is 23.4 Å². The average molecular weight is 470 g/mol. The summed E-state index contributed by atoms with van der Waals surface area (Å²) in [7, 11) is 0. The zero-order valence-corrected chi connectivity index (χ0v) is 19.4. The van der Waals surface area contributed by atoms with Crippen molar-refractivity contribution in [2.75, 3.05) is 31.5 Å². The van der Waals surface area contributed by atoms with Gasteiger partial charge in [0.1, 0.15) is 11.6 Å². The Hall–Kier alpha value is -3.04. The number of thiophene rings is 1. The molecule has 0 unspecified atom stereocenters. The summed E-state index contributed by atoms with van der Waals surface area (Å²) >= 11 is 1.70. The predicted octanol–water partition coefficient (Wildman–Crippen LogP) is 3.39. The summed E-state index contributed by atoms with van der Waals surface area (Å²) in [5.41, 5.74) is 1.42. The molecule has 1 aliphatic heterocycles. The number of aromatic nitrogens is 2. The molecule has 2 aromatic heterocycles. The molecule has 33 heavy (non-hydrogen) atoms. The molecular weight excluding hydrogens is 441 g/mol. The molecule has 1 saturated heterocycles. The lowest BCUT2D eigenvalue weighted by Gasteiger charge is -2.30. The van der Waals surface area contributed by atoms with E-state index in [2.05, 4.69) is 26.7 Å². The third-order valence-corrected chi connectivity index (χ3v) is 6.68.